The molecule has 0 aromatic heterocycles. The van der Waals surface area contributed by atoms with Crippen molar-refractivity contribution in [1.29, 1.82) is 0 Å². The number of esters is 1. The quantitative estimate of drug-likeness (QED) is 0.267. The molecule has 0 N–H and O–H groups in total. The number of ether oxygens (including phenoxy) is 1. The fourth-order valence-corrected chi connectivity index (χ4v) is 0.464. The van der Waals surface area contributed by atoms with Gasteiger partial charge in [0.05, 0.1) is 0 Å². The van der Waals surface area contributed by atoms with E-state index >= 15 is 0 Å². The van der Waals surface area contributed by atoms with Crippen molar-refractivity contribution in [3.63, 3.8) is 0 Å². The molecule has 10 heavy (non-hydrogen) atoms. The second kappa shape index (κ2) is 5.05. The van der Waals surface area contributed by atoms with E-state index in [4.69, 9.17) is 0 Å². The van der Waals surface area contributed by atoms with E-state index in [0.29, 0.717) is 5.57 Å². The Hall–Kier alpha value is -0.770. The highest BCUT2D eigenvalue weighted by Crippen LogP contribution is 1.94. The van der Waals surface area contributed by atoms with Crippen molar-refractivity contribution >= 4 is 17.6 Å². The van der Waals surface area contributed by atoms with Gasteiger partial charge >= 0.3 is 23.6 Å². The van der Waals surface area contributed by atoms with Gasteiger partial charge in [-0.15, -0.1) is 0 Å². The maximum absolute atomic E-state index is 10.7. The van der Waals surface area contributed by atoms with Crippen LogP contribution in [0.2, 0.25) is 0 Å². The zero-order valence-electron chi connectivity index (χ0n) is 5.92. The summed E-state index contributed by atoms with van der Waals surface area (Å²) in [6.45, 7) is 3.37. The number of rotatable bonds is 3. The SMILES string of the molecule is CC=C(C)C(=O)OC[S+]=O. The molecule has 56 valence electrons. The van der Waals surface area contributed by atoms with Gasteiger partial charge in [0.2, 0.25) is 0 Å². The maximum atomic E-state index is 10.7. The van der Waals surface area contributed by atoms with Crippen molar-refractivity contribution in [2.75, 3.05) is 5.94 Å². The largest absolute Gasteiger partial charge is 0.503 e. The summed E-state index contributed by atoms with van der Waals surface area (Å²) in [6.07, 6.45) is 1.64. The Bertz CT molecular complexity index is 162. The number of carbonyl (C=O) groups excluding carboxylic acids is 1. The Morgan fingerprint density at radius 3 is 2.70 bits per heavy atom. The first-order valence-corrected chi connectivity index (χ1v) is 3.68. The summed E-state index contributed by atoms with van der Waals surface area (Å²) in [4.78, 5) is 10.7. The third-order valence-electron chi connectivity index (χ3n) is 0.993. The van der Waals surface area contributed by atoms with Crippen LogP contribution in [0.25, 0.3) is 0 Å². The van der Waals surface area contributed by atoms with Crippen LogP contribution in [0.3, 0.4) is 0 Å². The normalized spacial score (nSPS) is 10.8. The van der Waals surface area contributed by atoms with E-state index in [1.54, 1.807) is 19.9 Å². The minimum Gasteiger partial charge on any atom is -0.402 e. The third kappa shape index (κ3) is 3.29. The van der Waals surface area contributed by atoms with Crippen molar-refractivity contribution in [2.24, 2.45) is 0 Å². The van der Waals surface area contributed by atoms with Gasteiger partial charge in [0.25, 0.3) is 0 Å². The van der Waals surface area contributed by atoms with E-state index in [1.165, 1.54) is 0 Å². The summed E-state index contributed by atoms with van der Waals surface area (Å²) in [5.74, 6) is -0.546. The Morgan fingerprint density at radius 1 is 1.70 bits per heavy atom. The lowest BCUT2D eigenvalue weighted by Crippen LogP contribution is -2.05. The lowest BCUT2D eigenvalue weighted by Gasteiger charge is -1.93. The van der Waals surface area contributed by atoms with Crippen LogP contribution in [-0.4, -0.2) is 11.9 Å². The fraction of sp³-hybridized carbons (Fsp3) is 0.500. The Labute approximate surface area is 63.6 Å². The minimum atomic E-state index is -0.425. The molecule has 0 aliphatic heterocycles. The van der Waals surface area contributed by atoms with Gasteiger partial charge in [-0.05, 0) is 13.8 Å². The molecule has 3 nitrogen and oxygen atoms in total. The van der Waals surface area contributed by atoms with Crippen LogP contribution in [-0.2, 0) is 25.4 Å². The number of hydrogen-bond donors (Lipinski definition) is 0. The molecule has 0 bridgehead atoms. The smallest absolute Gasteiger partial charge is 0.402 e. The Morgan fingerprint density at radius 2 is 2.30 bits per heavy atom. The second-order valence-electron chi connectivity index (χ2n) is 1.64. The molecular formula is C6H9O3S+. The molecule has 0 saturated heterocycles. The van der Waals surface area contributed by atoms with E-state index in [2.05, 4.69) is 4.74 Å². The lowest BCUT2D eigenvalue weighted by atomic mass is 10.3. The molecule has 0 unspecified atom stereocenters. The molecule has 0 fully saturated rings. The van der Waals surface area contributed by atoms with E-state index in [1.807, 2.05) is 0 Å². The molecular weight excluding hydrogens is 152 g/mol. The zero-order chi connectivity index (χ0) is 7.98. The van der Waals surface area contributed by atoms with Gasteiger partial charge in [-0.2, -0.15) is 0 Å². The number of hydrogen-bond acceptors (Lipinski definition) is 3. The van der Waals surface area contributed by atoms with Crippen LogP contribution >= 0.6 is 0 Å². The van der Waals surface area contributed by atoms with Gasteiger partial charge in [0.1, 0.15) is 0 Å². The van der Waals surface area contributed by atoms with Crippen LogP contribution in [0.4, 0.5) is 0 Å². The first-order chi connectivity index (χ1) is 4.72. The van der Waals surface area contributed by atoms with Gasteiger partial charge in [-0.1, -0.05) is 6.08 Å². The second-order valence-corrected chi connectivity index (χ2v) is 2.11. The topological polar surface area (TPSA) is 43.4 Å². The van der Waals surface area contributed by atoms with Crippen LogP contribution in [0.5, 0.6) is 0 Å². The van der Waals surface area contributed by atoms with Gasteiger partial charge in [0, 0.05) is 9.78 Å². The highest BCUT2D eigenvalue weighted by atomic mass is 32.1. The van der Waals surface area contributed by atoms with E-state index in [0.717, 1.165) is 0 Å². The highest BCUT2D eigenvalue weighted by Gasteiger charge is 2.07. The van der Waals surface area contributed by atoms with Gasteiger partial charge < -0.3 is 4.74 Å². The lowest BCUT2D eigenvalue weighted by molar-refractivity contribution is -0.136. The molecule has 0 aromatic rings. The maximum Gasteiger partial charge on any atom is 0.503 e. The average Bonchev–Trinajstić information content (AvgIpc) is 1.98. The van der Waals surface area contributed by atoms with Crippen molar-refractivity contribution in [3.05, 3.63) is 11.6 Å². The van der Waals surface area contributed by atoms with Crippen molar-refractivity contribution in [1.82, 2.24) is 0 Å². The summed E-state index contributed by atoms with van der Waals surface area (Å²) in [7, 11) is 0. The molecule has 0 radical (unpaired) electrons. The molecule has 0 aliphatic rings. The minimum absolute atomic E-state index is 0.121. The van der Waals surface area contributed by atoms with Crippen LogP contribution in [0, 0.1) is 0 Å². The van der Waals surface area contributed by atoms with Gasteiger partial charge in [0.15, 0.2) is 0 Å². The van der Waals surface area contributed by atoms with Gasteiger partial charge in [-0.25, -0.2) is 4.79 Å². The molecule has 0 atom stereocenters. The molecule has 0 aliphatic carbocycles. The first kappa shape index (κ1) is 9.23. The van der Waals surface area contributed by atoms with E-state index in [-0.39, 0.29) is 17.6 Å². The van der Waals surface area contributed by atoms with Crippen LogP contribution in [0.1, 0.15) is 13.8 Å². The summed E-state index contributed by atoms with van der Waals surface area (Å²) >= 11 is 0.238. The number of allylic oxidation sites excluding steroid dienone is 1. The fourth-order valence-electron chi connectivity index (χ4n) is 0.309. The predicted octanol–water partition coefficient (Wildman–Crippen LogP) is 0.881. The average molecular weight is 161 g/mol. The van der Waals surface area contributed by atoms with E-state index < -0.39 is 5.97 Å². The molecule has 0 spiro atoms. The predicted molar refractivity (Wildman–Crippen MR) is 38.4 cm³/mol. The highest BCUT2D eigenvalue weighted by molar-refractivity contribution is 7.65. The molecule has 0 aromatic carbocycles. The Kier molecular flexibility index (Phi) is 4.66. The molecule has 0 amide bonds. The van der Waals surface area contributed by atoms with Crippen LogP contribution in [0.15, 0.2) is 11.6 Å². The summed E-state index contributed by atoms with van der Waals surface area (Å²) in [5.41, 5.74) is 0.522. The molecule has 0 saturated carbocycles. The molecule has 4 heteroatoms. The summed E-state index contributed by atoms with van der Waals surface area (Å²) in [5, 5.41) is 0. The van der Waals surface area contributed by atoms with Gasteiger partial charge in [-0.3, -0.25) is 0 Å². The van der Waals surface area contributed by atoms with Crippen molar-refractivity contribution in [3.8, 4) is 0 Å². The third-order valence-corrected chi connectivity index (χ3v) is 1.21. The van der Waals surface area contributed by atoms with E-state index in [9.17, 15) is 9.00 Å². The Balaban J connectivity index is 3.74. The van der Waals surface area contributed by atoms with Crippen molar-refractivity contribution in [2.45, 2.75) is 13.8 Å². The van der Waals surface area contributed by atoms with Crippen LogP contribution < -0.4 is 0 Å². The van der Waals surface area contributed by atoms with Crippen molar-refractivity contribution < 1.29 is 13.7 Å². The number of carbonyl (C=O) groups is 1. The monoisotopic (exact) mass is 161 g/mol. The standard InChI is InChI=1S/C6H9O3S/c1-3-5(2)6(7)9-4-10-8/h3H,4H2,1-2H3/q+1. The molecule has 0 heterocycles. The summed E-state index contributed by atoms with van der Waals surface area (Å²) in [6, 6.07) is 0. The first-order valence-electron chi connectivity index (χ1n) is 2.77. The zero-order valence-corrected chi connectivity index (χ0v) is 6.73. The molecule has 0 rings (SSSR count). The summed E-state index contributed by atoms with van der Waals surface area (Å²) < 4.78 is 14.3.